The molecule has 0 radical (unpaired) electrons. The number of hydrogen-bond donors (Lipinski definition) is 0. The van der Waals surface area contributed by atoms with Crippen molar-refractivity contribution in [1.29, 1.82) is 0 Å². The predicted molar refractivity (Wildman–Crippen MR) is 249 cm³/mol. The van der Waals surface area contributed by atoms with E-state index in [1.807, 2.05) is 0 Å². The van der Waals surface area contributed by atoms with Gasteiger partial charge in [0.1, 0.15) is 11.2 Å². The normalized spacial score (nSPS) is 13.1. The molecule has 1 heterocycles. The van der Waals surface area contributed by atoms with Crippen LogP contribution in [0.3, 0.4) is 0 Å². The summed E-state index contributed by atoms with van der Waals surface area (Å²) in [5.41, 5.74) is 14.9. The largest absolute Gasteiger partial charge is 0.455 e. The van der Waals surface area contributed by atoms with Crippen molar-refractivity contribution in [3.8, 4) is 33.4 Å². The van der Waals surface area contributed by atoms with Crippen LogP contribution in [0.15, 0.2) is 205 Å². The smallest absolute Gasteiger partial charge is 0.143 e. The van der Waals surface area contributed by atoms with Gasteiger partial charge in [-0.15, -0.1) is 0 Å². The van der Waals surface area contributed by atoms with E-state index in [-0.39, 0.29) is 5.41 Å². The summed E-state index contributed by atoms with van der Waals surface area (Å²) < 4.78 is 7.21. The van der Waals surface area contributed by atoms with Crippen LogP contribution >= 0.6 is 0 Å². The number of furan rings is 1. The Bertz CT molecular complexity index is 3480. The van der Waals surface area contributed by atoms with Gasteiger partial charge in [0, 0.05) is 44.8 Å². The van der Waals surface area contributed by atoms with Crippen LogP contribution in [0, 0.1) is 0 Å². The summed E-state index contributed by atoms with van der Waals surface area (Å²) in [7, 11) is 0. The number of fused-ring (bicyclic) bond motifs is 10. The van der Waals surface area contributed by atoms with E-state index in [2.05, 4.69) is 219 Å². The molecule has 0 amide bonds. The third-order valence-corrected chi connectivity index (χ3v) is 12.8. The molecule has 1 aliphatic carbocycles. The van der Waals surface area contributed by atoms with Crippen LogP contribution in [0.4, 0.5) is 17.1 Å². The lowest BCUT2D eigenvalue weighted by Gasteiger charge is -2.29. The van der Waals surface area contributed by atoms with Gasteiger partial charge in [0.25, 0.3) is 0 Å². The van der Waals surface area contributed by atoms with Crippen LogP contribution in [0.2, 0.25) is 0 Å². The first-order valence-electron chi connectivity index (χ1n) is 20.5. The van der Waals surface area contributed by atoms with Gasteiger partial charge in [-0.3, -0.25) is 0 Å². The molecule has 2 heteroatoms. The topological polar surface area (TPSA) is 16.4 Å². The van der Waals surface area contributed by atoms with Gasteiger partial charge in [0.15, 0.2) is 0 Å². The van der Waals surface area contributed by atoms with E-state index in [1.54, 1.807) is 0 Å². The Morgan fingerprint density at radius 2 is 1.00 bits per heavy atom. The average molecular weight is 754 g/mol. The van der Waals surface area contributed by atoms with Gasteiger partial charge in [-0.2, -0.15) is 0 Å². The number of para-hydroxylation sites is 1. The standard InChI is InChI=1S/C57H39NO/c1-57(2)51-26-14-12-25-46(51)47-30-28-39(34-52(47)57)58(53-27-15-13-21-42(53)36-16-4-3-5-17-36)40-29-31-48-50-33-38-19-7-9-22-43(38)55(56(50)59-54(48)35-40)49-32-37-18-6-8-20-41(37)44-23-10-11-24-45(44)49/h3-35H,1-2H3. The molecular weight excluding hydrogens is 715 g/mol. The highest BCUT2D eigenvalue weighted by Crippen LogP contribution is 2.52. The highest BCUT2D eigenvalue weighted by Gasteiger charge is 2.36. The van der Waals surface area contributed by atoms with Crippen molar-refractivity contribution in [1.82, 2.24) is 0 Å². The fourth-order valence-corrected chi connectivity index (χ4v) is 10.0. The van der Waals surface area contributed by atoms with E-state index in [0.29, 0.717) is 0 Å². The van der Waals surface area contributed by atoms with Gasteiger partial charge in [-0.25, -0.2) is 0 Å². The Morgan fingerprint density at radius 1 is 0.390 bits per heavy atom. The molecule has 0 fully saturated rings. The lowest BCUT2D eigenvalue weighted by molar-refractivity contribution is 0.660. The van der Waals surface area contributed by atoms with Crippen molar-refractivity contribution in [2.45, 2.75) is 19.3 Å². The molecule has 0 bridgehead atoms. The first-order chi connectivity index (χ1) is 29.0. The molecular formula is C57H39NO. The van der Waals surface area contributed by atoms with Gasteiger partial charge >= 0.3 is 0 Å². The lowest BCUT2D eigenvalue weighted by atomic mass is 9.82. The molecule has 278 valence electrons. The molecule has 0 N–H and O–H groups in total. The third-order valence-electron chi connectivity index (χ3n) is 12.8. The van der Waals surface area contributed by atoms with Gasteiger partial charge in [-0.05, 0) is 108 Å². The summed E-state index contributed by atoms with van der Waals surface area (Å²) >= 11 is 0. The zero-order valence-electron chi connectivity index (χ0n) is 32.9. The van der Waals surface area contributed by atoms with Crippen molar-refractivity contribution in [2.24, 2.45) is 0 Å². The van der Waals surface area contributed by atoms with Crippen LogP contribution < -0.4 is 4.90 Å². The fraction of sp³-hybridized carbons (Fsp3) is 0.0526. The number of nitrogens with zero attached hydrogens (tertiary/aromatic N) is 1. The highest BCUT2D eigenvalue weighted by molar-refractivity contribution is 6.23. The van der Waals surface area contributed by atoms with Crippen molar-refractivity contribution >= 4 is 71.3 Å². The van der Waals surface area contributed by atoms with Gasteiger partial charge in [0.2, 0.25) is 0 Å². The molecule has 59 heavy (non-hydrogen) atoms. The molecule has 12 rings (SSSR count). The van der Waals surface area contributed by atoms with Crippen LogP contribution in [0.5, 0.6) is 0 Å². The molecule has 2 nitrogen and oxygen atoms in total. The fourth-order valence-electron chi connectivity index (χ4n) is 10.0. The van der Waals surface area contributed by atoms with Crippen molar-refractivity contribution in [2.75, 3.05) is 4.90 Å². The first-order valence-corrected chi connectivity index (χ1v) is 20.5. The van der Waals surface area contributed by atoms with E-state index in [0.717, 1.165) is 50.1 Å². The molecule has 0 aliphatic heterocycles. The zero-order chi connectivity index (χ0) is 39.2. The Hall–Kier alpha value is -7.42. The van der Waals surface area contributed by atoms with Crippen LogP contribution in [0.1, 0.15) is 25.0 Å². The Balaban J connectivity index is 1.12. The van der Waals surface area contributed by atoms with E-state index in [1.165, 1.54) is 65.7 Å². The van der Waals surface area contributed by atoms with Crippen LogP contribution in [0.25, 0.3) is 87.6 Å². The van der Waals surface area contributed by atoms with E-state index in [9.17, 15) is 0 Å². The molecule has 1 aromatic heterocycles. The third kappa shape index (κ3) is 5.06. The van der Waals surface area contributed by atoms with Gasteiger partial charge in [-0.1, -0.05) is 166 Å². The summed E-state index contributed by atoms with van der Waals surface area (Å²) in [5.74, 6) is 0. The maximum absolute atomic E-state index is 7.21. The minimum Gasteiger partial charge on any atom is -0.455 e. The van der Waals surface area contributed by atoms with Crippen LogP contribution in [-0.2, 0) is 5.41 Å². The highest BCUT2D eigenvalue weighted by atomic mass is 16.3. The maximum atomic E-state index is 7.21. The van der Waals surface area contributed by atoms with E-state index >= 15 is 0 Å². The van der Waals surface area contributed by atoms with Crippen molar-refractivity contribution < 1.29 is 4.42 Å². The zero-order valence-corrected chi connectivity index (χ0v) is 32.9. The molecule has 1 aliphatic rings. The summed E-state index contributed by atoms with van der Waals surface area (Å²) in [4.78, 5) is 2.42. The Labute approximate surface area is 343 Å². The monoisotopic (exact) mass is 753 g/mol. The second-order valence-electron chi connectivity index (χ2n) is 16.4. The predicted octanol–water partition coefficient (Wildman–Crippen LogP) is 16.2. The minimum atomic E-state index is -0.138. The molecule has 0 atom stereocenters. The molecule has 0 spiro atoms. The molecule has 11 aromatic rings. The number of hydrogen-bond acceptors (Lipinski definition) is 2. The maximum Gasteiger partial charge on any atom is 0.143 e. The second kappa shape index (κ2) is 12.8. The Kier molecular flexibility index (Phi) is 7.31. The van der Waals surface area contributed by atoms with Crippen molar-refractivity contribution in [3.05, 3.63) is 211 Å². The summed E-state index contributed by atoms with van der Waals surface area (Å²) in [5, 5.41) is 9.53. The van der Waals surface area contributed by atoms with E-state index in [4.69, 9.17) is 4.42 Å². The molecule has 0 unspecified atom stereocenters. The second-order valence-corrected chi connectivity index (χ2v) is 16.4. The summed E-state index contributed by atoms with van der Waals surface area (Å²) in [6.07, 6.45) is 0. The van der Waals surface area contributed by atoms with Gasteiger partial charge < -0.3 is 9.32 Å². The first kappa shape index (κ1) is 33.7. The number of anilines is 3. The lowest BCUT2D eigenvalue weighted by Crippen LogP contribution is -2.16. The number of rotatable bonds is 5. The van der Waals surface area contributed by atoms with E-state index < -0.39 is 0 Å². The minimum absolute atomic E-state index is 0.138. The SMILES string of the molecule is CC1(C)c2ccccc2-c2ccc(N(c3ccc4c(c3)oc3c(-c5cc6ccccc6c6ccccc56)c5ccccc5cc34)c3ccccc3-c3ccccc3)cc21. The van der Waals surface area contributed by atoms with Gasteiger partial charge in [0.05, 0.1) is 5.69 Å². The molecule has 0 saturated heterocycles. The molecule has 0 saturated carbocycles. The van der Waals surface area contributed by atoms with Crippen molar-refractivity contribution in [3.63, 3.8) is 0 Å². The molecule has 10 aromatic carbocycles. The average Bonchev–Trinajstić information content (AvgIpc) is 3.76. The quantitative estimate of drug-likeness (QED) is 0.163. The van der Waals surface area contributed by atoms with Crippen LogP contribution in [-0.4, -0.2) is 0 Å². The summed E-state index contributed by atoms with van der Waals surface area (Å²) in [6.45, 7) is 4.70. The number of benzene rings is 10. The summed E-state index contributed by atoms with van der Waals surface area (Å²) in [6, 6.07) is 73.0. The Morgan fingerprint density at radius 3 is 1.83 bits per heavy atom.